The number of ether oxygens (including phenoxy) is 2. The van der Waals surface area contributed by atoms with Crippen LogP contribution < -0.4 is 9.47 Å². The molecule has 1 aromatic heterocycles. The fraction of sp³-hybridized carbons (Fsp3) is 0.100. The number of aliphatic hydroxyl groups is 1. The molecule has 0 radical (unpaired) electrons. The minimum absolute atomic E-state index is 0.0489. The van der Waals surface area contributed by atoms with Gasteiger partial charge in [-0.2, -0.15) is 0 Å². The third kappa shape index (κ3) is 4.96. The lowest BCUT2D eigenvalue weighted by atomic mass is 9.95. The van der Waals surface area contributed by atoms with Gasteiger partial charge in [-0.1, -0.05) is 48.0 Å². The van der Waals surface area contributed by atoms with Crippen LogP contribution in [0.15, 0.2) is 103 Å². The van der Waals surface area contributed by atoms with Gasteiger partial charge in [0.2, 0.25) is 0 Å². The number of para-hydroxylation sites is 1. The lowest BCUT2D eigenvalue weighted by molar-refractivity contribution is -0.140. The van der Waals surface area contributed by atoms with Crippen molar-refractivity contribution in [2.45, 2.75) is 12.6 Å². The molecule has 190 valence electrons. The van der Waals surface area contributed by atoms with Gasteiger partial charge in [0, 0.05) is 11.8 Å². The molecule has 1 saturated heterocycles. The van der Waals surface area contributed by atoms with E-state index in [1.54, 1.807) is 54.7 Å². The largest absolute Gasteiger partial charge is 0.507 e. The number of carbonyl (C=O) groups is 2. The van der Waals surface area contributed by atoms with E-state index in [0.29, 0.717) is 39.1 Å². The number of nitrogens with zero attached hydrogens (tertiary/aromatic N) is 2. The summed E-state index contributed by atoms with van der Waals surface area (Å²) in [5, 5.41) is 11.7. The van der Waals surface area contributed by atoms with Gasteiger partial charge in [0.05, 0.1) is 36.0 Å². The first-order valence-corrected chi connectivity index (χ1v) is 12.2. The summed E-state index contributed by atoms with van der Waals surface area (Å²) in [5.41, 5.74) is 1.44. The second-order valence-corrected chi connectivity index (χ2v) is 8.99. The highest BCUT2D eigenvalue weighted by atomic mass is 35.5. The van der Waals surface area contributed by atoms with Gasteiger partial charge in [-0.05, 0) is 60.2 Å². The van der Waals surface area contributed by atoms with Crippen molar-refractivity contribution in [2.75, 3.05) is 7.11 Å². The number of hydrogen-bond acceptors (Lipinski definition) is 6. The van der Waals surface area contributed by atoms with Crippen molar-refractivity contribution in [3.63, 3.8) is 0 Å². The SMILES string of the molecule is COc1cc(/C(O)=C2/C(=O)C(=O)N(Cc3ccccn3)C2c2cccc(Oc3ccccc3)c2)ccc1Cl. The number of rotatable bonds is 7. The van der Waals surface area contributed by atoms with E-state index in [4.69, 9.17) is 21.1 Å². The highest BCUT2D eigenvalue weighted by molar-refractivity contribution is 6.46. The van der Waals surface area contributed by atoms with Crippen molar-refractivity contribution in [3.05, 3.63) is 125 Å². The molecular formula is C30H23ClN2O5. The number of hydrogen-bond donors (Lipinski definition) is 1. The van der Waals surface area contributed by atoms with Gasteiger partial charge in [-0.25, -0.2) is 0 Å². The summed E-state index contributed by atoms with van der Waals surface area (Å²) in [7, 11) is 1.45. The molecule has 3 aromatic carbocycles. The molecule has 1 N–H and O–H groups in total. The van der Waals surface area contributed by atoms with Crippen molar-refractivity contribution in [1.29, 1.82) is 0 Å². The first-order valence-electron chi connectivity index (χ1n) is 11.8. The first kappa shape index (κ1) is 25.0. The Kier molecular flexibility index (Phi) is 7.11. The Balaban J connectivity index is 1.63. The maximum atomic E-state index is 13.4. The Morgan fingerprint density at radius 1 is 0.947 bits per heavy atom. The van der Waals surface area contributed by atoms with Gasteiger partial charge in [0.15, 0.2) is 0 Å². The monoisotopic (exact) mass is 526 g/mol. The zero-order chi connectivity index (χ0) is 26.6. The van der Waals surface area contributed by atoms with Crippen LogP contribution in [0.3, 0.4) is 0 Å². The molecule has 2 heterocycles. The average molecular weight is 527 g/mol. The number of benzene rings is 3. The number of halogens is 1. The van der Waals surface area contributed by atoms with Crippen LogP contribution in [0.25, 0.3) is 5.76 Å². The normalized spacial score (nSPS) is 16.5. The fourth-order valence-corrected chi connectivity index (χ4v) is 4.59. The second-order valence-electron chi connectivity index (χ2n) is 8.59. The fourth-order valence-electron chi connectivity index (χ4n) is 4.39. The number of Topliss-reactive ketones (excluding diaryl/α,β-unsaturated/α-hetero) is 1. The molecule has 38 heavy (non-hydrogen) atoms. The van der Waals surface area contributed by atoms with E-state index >= 15 is 0 Å². The van der Waals surface area contributed by atoms with Gasteiger partial charge in [-0.3, -0.25) is 14.6 Å². The zero-order valence-electron chi connectivity index (χ0n) is 20.4. The Labute approximate surface area is 224 Å². The zero-order valence-corrected chi connectivity index (χ0v) is 21.1. The maximum Gasteiger partial charge on any atom is 0.296 e. The molecule has 0 saturated carbocycles. The topological polar surface area (TPSA) is 89.0 Å². The van der Waals surface area contributed by atoms with Crippen molar-refractivity contribution in [1.82, 2.24) is 9.88 Å². The number of methoxy groups -OCH3 is 1. The molecule has 1 unspecified atom stereocenters. The van der Waals surface area contributed by atoms with E-state index in [-0.39, 0.29) is 17.9 Å². The molecular weight excluding hydrogens is 504 g/mol. The molecule has 1 aliphatic rings. The van der Waals surface area contributed by atoms with E-state index in [1.165, 1.54) is 18.1 Å². The standard InChI is InChI=1S/C30H23ClN2O5/c1-37-25-17-20(13-14-24(25)31)28(34)26-27(33(30(36)29(26)35)18-21-9-5-6-15-32-21)19-8-7-12-23(16-19)38-22-10-3-2-4-11-22/h2-17,27,34H,18H2,1H3/b28-26-. The van der Waals surface area contributed by atoms with Crippen molar-refractivity contribution < 1.29 is 24.2 Å². The lowest BCUT2D eigenvalue weighted by Gasteiger charge is -2.25. The first-order chi connectivity index (χ1) is 18.5. The van der Waals surface area contributed by atoms with E-state index in [9.17, 15) is 14.7 Å². The highest BCUT2D eigenvalue weighted by Crippen LogP contribution is 2.42. The van der Waals surface area contributed by atoms with E-state index < -0.39 is 17.7 Å². The van der Waals surface area contributed by atoms with Crippen LogP contribution >= 0.6 is 11.6 Å². The summed E-state index contributed by atoms with van der Waals surface area (Å²) < 4.78 is 11.3. The molecule has 1 fully saturated rings. The van der Waals surface area contributed by atoms with Crippen molar-refractivity contribution >= 4 is 29.1 Å². The molecule has 7 nitrogen and oxygen atoms in total. The maximum absolute atomic E-state index is 13.4. The molecule has 1 atom stereocenters. The number of carbonyl (C=O) groups excluding carboxylic acids is 2. The van der Waals surface area contributed by atoms with Crippen LogP contribution in [-0.2, 0) is 16.1 Å². The van der Waals surface area contributed by atoms with E-state index in [1.807, 2.05) is 36.4 Å². The van der Waals surface area contributed by atoms with Crippen LogP contribution in [0.1, 0.15) is 22.9 Å². The van der Waals surface area contributed by atoms with Crippen LogP contribution in [0.2, 0.25) is 5.02 Å². The minimum Gasteiger partial charge on any atom is -0.507 e. The number of likely N-dealkylation sites (tertiary alicyclic amines) is 1. The second kappa shape index (κ2) is 10.8. The molecule has 1 aliphatic heterocycles. The summed E-state index contributed by atoms with van der Waals surface area (Å²) in [6, 6.07) is 25.5. The van der Waals surface area contributed by atoms with Gasteiger partial charge >= 0.3 is 0 Å². The van der Waals surface area contributed by atoms with Crippen LogP contribution in [0, 0.1) is 0 Å². The Bertz CT molecular complexity index is 1520. The third-order valence-corrected chi connectivity index (χ3v) is 6.49. The summed E-state index contributed by atoms with van der Waals surface area (Å²) in [5.74, 6) is -0.385. The molecule has 0 aliphatic carbocycles. The average Bonchev–Trinajstić information content (AvgIpc) is 3.19. The van der Waals surface area contributed by atoms with Gasteiger partial charge in [0.25, 0.3) is 11.7 Å². The van der Waals surface area contributed by atoms with Gasteiger partial charge in [-0.15, -0.1) is 0 Å². The highest BCUT2D eigenvalue weighted by Gasteiger charge is 2.46. The molecule has 8 heteroatoms. The summed E-state index contributed by atoms with van der Waals surface area (Å²) in [6.07, 6.45) is 1.62. The van der Waals surface area contributed by atoms with Gasteiger partial charge in [0.1, 0.15) is 23.0 Å². The minimum atomic E-state index is -0.891. The summed E-state index contributed by atoms with van der Waals surface area (Å²) >= 11 is 6.16. The number of amides is 1. The lowest BCUT2D eigenvalue weighted by Crippen LogP contribution is -2.29. The smallest absolute Gasteiger partial charge is 0.296 e. The molecule has 0 bridgehead atoms. The molecule has 1 amide bonds. The Morgan fingerprint density at radius 3 is 2.45 bits per heavy atom. The number of aliphatic hydroxyl groups excluding tert-OH is 1. The molecule has 4 aromatic rings. The molecule has 0 spiro atoms. The van der Waals surface area contributed by atoms with Crippen LogP contribution in [0.4, 0.5) is 0 Å². The Morgan fingerprint density at radius 2 is 1.71 bits per heavy atom. The number of aromatic nitrogens is 1. The van der Waals surface area contributed by atoms with Crippen LogP contribution in [-0.4, -0.2) is 33.8 Å². The van der Waals surface area contributed by atoms with Gasteiger partial charge < -0.3 is 19.5 Å². The molecule has 5 rings (SSSR count). The van der Waals surface area contributed by atoms with Crippen molar-refractivity contribution in [3.8, 4) is 17.2 Å². The van der Waals surface area contributed by atoms with Crippen LogP contribution in [0.5, 0.6) is 17.2 Å². The summed E-state index contributed by atoms with van der Waals surface area (Å²) in [4.78, 5) is 32.4. The summed E-state index contributed by atoms with van der Waals surface area (Å²) in [6.45, 7) is 0.0700. The number of ketones is 1. The quantitative estimate of drug-likeness (QED) is 0.176. The predicted octanol–water partition coefficient (Wildman–Crippen LogP) is 6.16. The predicted molar refractivity (Wildman–Crippen MR) is 143 cm³/mol. The third-order valence-electron chi connectivity index (χ3n) is 6.18. The van der Waals surface area contributed by atoms with Crippen molar-refractivity contribution in [2.24, 2.45) is 0 Å². The van der Waals surface area contributed by atoms with E-state index in [2.05, 4.69) is 4.98 Å². The van der Waals surface area contributed by atoms with E-state index in [0.717, 1.165) is 0 Å². The Hall–Kier alpha value is -4.62. The number of pyridine rings is 1.